The minimum Gasteiger partial charge on any atom is -0.378 e. The average Bonchev–Trinajstić information content (AvgIpc) is 2.59. The molecule has 0 saturated heterocycles. The van der Waals surface area contributed by atoms with Crippen LogP contribution < -0.4 is 10.6 Å². The fourth-order valence-electron chi connectivity index (χ4n) is 2.35. The van der Waals surface area contributed by atoms with E-state index in [1.165, 1.54) is 0 Å². The number of hydrogen-bond donors (Lipinski definition) is 2. The van der Waals surface area contributed by atoms with E-state index < -0.39 is 0 Å². The summed E-state index contributed by atoms with van der Waals surface area (Å²) < 4.78 is 5.77. The zero-order chi connectivity index (χ0) is 17.8. The van der Waals surface area contributed by atoms with Gasteiger partial charge in [-0.2, -0.15) is 5.26 Å². The molecular formula is C19H31IN4O. The molecule has 1 rings (SSSR count). The third kappa shape index (κ3) is 9.66. The van der Waals surface area contributed by atoms with Crippen LogP contribution in [0.4, 0.5) is 0 Å². The Morgan fingerprint density at radius 3 is 2.40 bits per heavy atom. The van der Waals surface area contributed by atoms with Crippen LogP contribution >= 0.6 is 24.0 Å². The maximum Gasteiger partial charge on any atom is 0.191 e. The zero-order valence-electron chi connectivity index (χ0n) is 15.7. The van der Waals surface area contributed by atoms with E-state index in [0.29, 0.717) is 18.0 Å². The van der Waals surface area contributed by atoms with Crippen molar-refractivity contribution in [3.63, 3.8) is 0 Å². The molecule has 1 unspecified atom stereocenters. The second-order valence-electron chi connectivity index (χ2n) is 5.96. The summed E-state index contributed by atoms with van der Waals surface area (Å²) in [7, 11) is 0. The van der Waals surface area contributed by atoms with Gasteiger partial charge in [0, 0.05) is 19.7 Å². The van der Waals surface area contributed by atoms with Crippen LogP contribution in [-0.2, 0) is 11.3 Å². The summed E-state index contributed by atoms with van der Waals surface area (Å²) in [6, 6.07) is 9.64. The number of benzene rings is 1. The van der Waals surface area contributed by atoms with Crippen LogP contribution in [0.2, 0.25) is 0 Å². The van der Waals surface area contributed by atoms with Gasteiger partial charge in [0.25, 0.3) is 0 Å². The molecule has 25 heavy (non-hydrogen) atoms. The molecule has 0 radical (unpaired) electrons. The summed E-state index contributed by atoms with van der Waals surface area (Å²) in [5, 5.41) is 15.4. The van der Waals surface area contributed by atoms with Crippen molar-refractivity contribution in [2.45, 2.75) is 46.8 Å². The van der Waals surface area contributed by atoms with E-state index in [9.17, 15) is 0 Å². The molecule has 1 aromatic rings. The highest BCUT2D eigenvalue weighted by Crippen LogP contribution is 2.10. The molecule has 6 heteroatoms. The first kappa shape index (κ1) is 23.7. The standard InChI is InChI=1S/C19H30N4O.HI/c1-5-21-19(22-12-11-18(15(3)4)24-6-2)23-14-17-9-7-16(13-20)8-10-17;/h7-10,15,18H,5-6,11-12,14H2,1-4H3,(H2,21,22,23);1H. The molecule has 0 aliphatic rings. The number of nitriles is 1. The van der Waals surface area contributed by atoms with E-state index >= 15 is 0 Å². The minimum atomic E-state index is 0. The summed E-state index contributed by atoms with van der Waals surface area (Å²) in [6.07, 6.45) is 1.22. The lowest BCUT2D eigenvalue weighted by atomic mass is 10.0. The predicted molar refractivity (Wildman–Crippen MR) is 114 cm³/mol. The minimum absolute atomic E-state index is 0. The van der Waals surface area contributed by atoms with E-state index in [1.54, 1.807) is 0 Å². The molecule has 2 N–H and O–H groups in total. The smallest absolute Gasteiger partial charge is 0.191 e. The summed E-state index contributed by atoms with van der Waals surface area (Å²) in [4.78, 5) is 4.60. The number of halogens is 1. The first-order valence-corrected chi connectivity index (χ1v) is 8.73. The third-order valence-electron chi connectivity index (χ3n) is 3.69. The Balaban J connectivity index is 0.00000576. The Kier molecular flexibility index (Phi) is 13.2. The molecule has 5 nitrogen and oxygen atoms in total. The van der Waals surface area contributed by atoms with Crippen LogP contribution in [0, 0.1) is 17.2 Å². The molecule has 0 aliphatic carbocycles. The van der Waals surface area contributed by atoms with Gasteiger partial charge in [0.05, 0.1) is 24.3 Å². The molecule has 0 aliphatic heterocycles. The van der Waals surface area contributed by atoms with Crippen LogP contribution in [0.3, 0.4) is 0 Å². The van der Waals surface area contributed by atoms with Gasteiger partial charge in [-0.05, 0) is 43.9 Å². The van der Waals surface area contributed by atoms with E-state index in [2.05, 4.69) is 42.5 Å². The zero-order valence-corrected chi connectivity index (χ0v) is 18.0. The van der Waals surface area contributed by atoms with Gasteiger partial charge in [-0.25, -0.2) is 4.99 Å². The topological polar surface area (TPSA) is 69.4 Å². The SMILES string of the molecule is CCNC(=NCc1ccc(C#N)cc1)NCCC(OCC)C(C)C.I. The number of rotatable bonds is 9. The van der Waals surface area contributed by atoms with Gasteiger partial charge >= 0.3 is 0 Å². The molecule has 0 fully saturated rings. The molecule has 1 atom stereocenters. The van der Waals surface area contributed by atoms with E-state index in [1.807, 2.05) is 31.2 Å². The van der Waals surface area contributed by atoms with E-state index in [4.69, 9.17) is 10.00 Å². The van der Waals surface area contributed by atoms with E-state index in [-0.39, 0.29) is 30.1 Å². The summed E-state index contributed by atoms with van der Waals surface area (Å²) in [5.74, 6) is 1.31. The van der Waals surface area contributed by atoms with Gasteiger partial charge in [0.1, 0.15) is 0 Å². The van der Waals surface area contributed by atoms with Crippen LogP contribution in [0.25, 0.3) is 0 Å². The molecule has 140 valence electrons. The Morgan fingerprint density at radius 1 is 1.20 bits per heavy atom. The van der Waals surface area contributed by atoms with Gasteiger partial charge in [-0.1, -0.05) is 26.0 Å². The molecule has 1 aromatic carbocycles. The largest absolute Gasteiger partial charge is 0.378 e. The van der Waals surface area contributed by atoms with Crippen LogP contribution in [0.5, 0.6) is 0 Å². The van der Waals surface area contributed by atoms with Crippen LogP contribution in [0.1, 0.15) is 45.2 Å². The molecule has 0 heterocycles. The second kappa shape index (κ2) is 13.9. The quantitative estimate of drug-likeness (QED) is 0.337. The first-order valence-electron chi connectivity index (χ1n) is 8.73. The van der Waals surface area contributed by atoms with Crippen LogP contribution in [0.15, 0.2) is 29.3 Å². The number of nitrogens with zero attached hydrogens (tertiary/aromatic N) is 2. The van der Waals surface area contributed by atoms with Gasteiger partial charge in [-0.3, -0.25) is 0 Å². The van der Waals surface area contributed by atoms with Gasteiger partial charge in [-0.15, -0.1) is 24.0 Å². The fourth-order valence-corrected chi connectivity index (χ4v) is 2.35. The predicted octanol–water partition coefficient (Wildman–Crippen LogP) is 3.68. The molecule has 0 aromatic heterocycles. The van der Waals surface area contributed by atoms with E-state index in [0.717, 1.165) is 37.6 Å². The van der Waals surface area contributed by atoms with Crippen molar-refractivity contribution in [2.75, 3.05) is 19.7 Å². The second-order valence-corrected chi connectivity index (χ2v) is 5.96. The van der Waals surface area contributed by atoms with Crippen molar-refractivity contribution >= 4 is 29.9 Å². The average molecular weight is 458 g/mol. The van der Waals surface area contributed by atoms with Gasteiger partial charge in [0.15, 0.2) is 5.96 Å². The van der Waals surface area contributed by atoms with Gasteiger partial charge < -0.3 is 15.4 Å². The Hall–Kier alpha value is -1.33. The fraction of sp³-hybridized carbons (Fsp3) is 0.579. The number of hydrogen-bond acceptors (Lipinski definition) is 3. The Labute approximate surface area is 169 Å². The lowest BCUT2D eigenvalue weighted by Crippen LogP contribution is -2.39. The number of nitrogens with one attached hydrogen (secondary N) is 2. The molecule has 0 saturated carbocycles. The lowest BCUT2D eigenvalue weighted by Gasteiger charge is -2.21. The molecule has 0 spiro atoms. The van der Waals surface area contributed by atoms with Crippen molar-refractivity contribution in [2.24, 2.45) is 10.9 Å². The van der Waals surface area contributed by atoms with Gasteiger partial charge in [0.2, 0.25) is 0 Å². The Morgan fingerprint density at radius 2 is 1.88 bits per heavy atom. The highest BCUT2D eigenvalue weighted by Gasteiger charge is 2.12. The number of ether oxygens (including phenoxy) is 1. The van der Waals surface area contributed by atoms with Crippen molar-refractivity contribution in [1.82, 2.24) is 10.6 Å². The molecular weight excluding hydrogens is 427 g/mol. The summed E-state index contributed by atoms with van der Waals surface area (Å²) in [5.41, 5.74) is 1.75. The maximum atomic E-state index is 8.83. The third-order valence-corrected chi connectivity index (χ3v) is 3.69. The normalized spacial score (nSPS) is 12.2. The van der Waals surface area contributed by atoms with Crippen molar-refractivity contribution < 1.29 is 4.74 Å². The monoisotopic (exact) mass is 458 g/mol. The first-order chi connectivity index (χ1) is 11.6. The molecule has 0 amide bonds. The van der Waals surface area contributed by atoms with Crippen molar-refractivity contribution in [1.29, 1.82) is 5.26 Å². The number of guanidine groups is 1. The van der Waals surface area contributed by atoms with Crippen molar-refractivity contribution in [3.05, 3.63) is 35.4 Å². The maximum absolute atomic E-state index is 8.83. The summed E-state index contributed by atoms with van der Waals surface area (Å²) in [6.45, 7) is 11.4. The highest BCUT2D eigenvalue weighted by molar-refractivity contribution is 14.0. The number of aliphatic imine (C=N–C) groups is 1. The van der Waals surface area contributed by atoms with Crippen LogP contribution in [-0.4, -0.2) is 31.8 Å². The highest BCUT2D eigenvalue weighted by atomic mass is 127. The Bertz CT molecular complexity index is 537. The molecule has 0 bridgehead atoms. The summed E-state index contributed by atoms with van der Waals surface area (Å²) >= 11 is 0. The van der Waals surface area contributed by atoms with Crippen molar-refractivity contribution in [3.8, 4) is 6.07 Å². The lowest BCUT2D eigenvalue weighted by molar-refractivity contribution is 0.0258.